The second-order valence-electron chi connectivity index (χ2n) is 6.05. The highest BCUT2D eigenvalue weighted by atomic mass is 28.5. The Bertz CT molecular complexity index is 307. The van der Waals surface area contributed by atoms with Gasteiger partial charge in [-0.3, -0.25) is 0 Å². The van der Waals surface area contributed by atoms with Crippen LogP contribution in [0.5, 0.6) is 0 Å². The molecule has 0 spiro atoms. The van der Waals surface area contributed by atoms with Crippen LogP contribution in [0.15, 0.2) is 0 Å². The highest BCUT2D eigenvalue weighted by Crippen LogP contribution is 2.17. The molecule has 1 heterocycles. The fraction of sp³-hybridized carbons (Fsp3) is 1.00. The molecule has 22 heavy (non-hydrogen) atoms. The third kappa shape index (κ3) is 9.70. The van der Waals surface area contributed by atoms with E-state index in [1.807, 2.05) is 0 Å². The van der Waals surface area contributed by atoms with Gasteiger partial charge >= 0.3 is 8.56 Å². The first-order valence-corrected chi connectivity index (χ1v) is 17.6. The van der Waals surface area contributed by atoms with E-state index in [0.29, 0.717) is 12.7 Å². The maximum atomic E-state index is 6.20. The van der Waals surface area contributed by atoms with Crippen LogP contribution < -0.4 is 0 Å². The fourth-order valence-electron chi connectivity index (χ4n) is 2.15. The third-order valence-corrected chi connectivity index (χ3v) is 15.5. The molecule has 1 aliphatic rings. The van der Waals surface area contributed by atoms with Gasteiger partial charge in [0.05, 0.1) is 13.2 Å². The van der Waals surface area contributed by atoms with E-state index in [0.717, 1.165) is 25.7 Å². The lowest BCUT2D eigenvalue weighted by Crippen LogP contribution is -2.45. The van der Waals surface area contributed by atoms with Crippen molar-refractivity contribution >= 4 is 36.2 Å². The summed E-state index contributed by atoms with van der Waals surface area (Å²) in [7, 11) is -4.66. The van der Waals surface area contributed by atoms with Gasteiger partial charge in [-0.2, -0.15) is 0 Å². The molecular formula is C12H32O6Si4. The highest BCUT2D eigenvalue weighted by molar-refractivity contribution is 6.75. The van der Waals surface area contributed by atoms with Gasteiger partial charge in [0.2, 0.25) is 0 Å². The number of epoxide rings is 1. The maximum absolute atomic E-state index is 6.20. The Labute approximate surface area is 141 Å². The largest absolute Gasteiger partial charge is 0.442 e. The number of hydrogen-bond acceptors (Lipinski definition) is 6. The van der Waals surface area contributed by atoms with Crippen LogP contribution in [0.25, 0.3) is 0 Å². The van der Waals surface area contributed by atoms with Gasteiger partial charge in [0.15, 0.2) is 9.04 Å². The van der Waals surface area contributed by atoms with Crippen LogP contribution in [0.3, 0.4) is 0 Å². The van der Waals surface area contributed by atoms with Gasteiger partial charge in [0.25, 0.3) is 18.6 Å². The van der Waals surface area contributed by atoms with E-state index in [1.54, 1.807) is 7.11 Å². The molecule has 10 heteroatoms. The van der Waals surface area contributed by atoms with E-state index in [-0.39, 0.29) is 0 Å². The Balaban J connectivity index is 2.20. The second kappa shape index (κ2) is 10.5. The van der Waals surface area contributed by atoms with Gasteiger partial charge < -0.3 is 26.2 Å². The summed E-state index contributed by atoms with van der Waals surface area (Å²) in [5.74, 6) is 0. The van der Waals surface area contributed by atoms with E-state index >= 15 is 0 Å². The first kappa shape index (κ1) is 20.7. The van der Waals surface area contributed by atoms with Crippen molar-refractivity contribution in [2.24, 2.45) is 0 Å². The second-order valence-corrected chi connectivity index (χ2v) is 16.7. The Morgan fingerprint density at radius 1 is 1.14 bits per heavy atom. The minimum absolute atomic E-state index is 0.332. The quantitative estimate of drug-likeness (QED) is 0.270. The Morgan fingerprint density at radius 3 is 2.36 bits per heavy atom. The molecule has 0 aromatic rings. The molecule has 4 atom stereocenters. The van der Waals surface area contributed by atoms with Crippen LogP contribution >= 0.6 is 0 Å². The predicted octanol–water partition coefficient (Wildman–Crippen LogP) is 1.24. The van der Waals surface area contributed by atoms with Crippen molar-refractivity contribution in [3.8, 4) is 0 Å². The molecule has 0 saturated carbocycles. The molecule has 0 radical (unpaired) electrons. The van der Waals surface area contributed by atoms with Crippen molar-refractivity contribution in [2.75, 3.05) is 26.9 Å². The molecule has 0 bridgehead atoms. The lowest BCUT2D eigenvalue weighted by atomic mass is 10.5. The molecule has 4 unspecified atom stereocenters. The van der Waals surface area contributed by atoms with Crippen LogP contribution in [0.1, 0.15) is 6.42 Å². The van der Waals surface area contributed by atoms with E-state index in [4.69, 9.17) is 26.2 Å². The summed E-state index contributed by atoms with van der Waals surface area (Å²) in [6.45, 7) is 12.9. The van der Waals surface area contributed by atoms with Crippen molar-refractivity contribution in [3.63, 3.8) is 0 Å². The summed E-state index contributed by atoms with van der Waals surface area (Å²) < 4.78 is 34.4. The minimum atomic E-state index is -2.15. The van der Waals surface area contributed by atoms with Crippen molar-refractivity contribution in [3.05, 3.63) is 0 Å². The minimum Gasteiger partial charge on any atom is -0.442 e. The number of ether oxygens (including phenoxy) is 2. The average Bonchev–Trinajstić information content (AvgIpc) is 3.21. The lowest BCUT2D eigenvalue weighted by molar-refractivity contribution is 0.115. The average molecular weight is 385 g/mol. The standard InChI is InChI=1S/C12H32O6Si4/c1-13-22(6,9-7-8-14-10-12-11-15-12)18-21(5)17-20(4)16-19(2)3/h12,19-21H,7-11H2,1-6H3. The predicted molar refractivity (Wildman–Crippen MR) is 96.8 cm³/mol. The molecule has 0 aliphatic carbocycles. The summed E-state index contributed by atoms with van der Waals surface area (Å²) in [5, 5.41) is 0. The van der Waals surface area contributed by atoms with Crippen molar-refractivity contribution in [1.82, 2.24) is 0 Å². The highest BCUT2D eigenvalue weighted by Gasteiger charge is 2.33. The Hall–Kier alpha value is 0.628. The number of hydrogen-bond donors (Lipinski definition) is 0. The van der Waals surface area contributed by atoms with E-state index in [1.165, 1.54) is 0 Å². The van der Waals surface area contributed by atoms with E-state index in [2.05, 4.69) is 32.7 Å². The lowest BCUT2D eigenvalue weighted by Gasteiger charge is -2.30. The smallest absolute Gasteiger partial charge is 0.325 e. The molecule has 1 saturated heterocycles. The molecule has 6 nitrogen and oxygen atoms in total. The molecule has 1 rings (SSSR count). The van der Waals surface area contributed by atoms with Gasteiger partial charge in [0, 0.05) is 13.7 Å². The van der Waals surface area contributed by atoms with Crippen LogP contribution in [-0.2, 0) is 26.2 Å². The third-order valence-electron chi connectivity index (χ3n) is 3.32. The summed E-state index contributed by atoms with van der Waals surface area (Å²) in [6, 6.07) is 0.922. The van der Waals surface area contributed by atoms with Gasteiger partial charge in [-0.15, -0.1) is 0 Å². The SMILES string of the molecule is CO[Si](C)(CCCOCC1CO1)O[SiH](C)O[SiH](C)O[SiH](C)C. The van der Waals surface area contributed by atoms with Crippen LogP contribution in [0.4, 0.5) is 0 Å². The van der Waals surface area contributed by atoms with Gasteiger partial charge in [-0.1, -0.05) is 0 Å². The molecule has 0 aromatic carbocycles. The molecule has 0 amide bonds. The first-order chi connectivity index (χ1) is 10.3. The monoisotopic (exact) mass is 384 g/mol. The Morgan fingerprint density at radius 2 is 1.82 bits per heavy atom. The van der Waals surface area contributed by atoms with Gasteiger partial charge in [0.1, 0.15) is 6.10 Å². The van der Waals surface area contributed by atoms with Gasteiger partial charge in [-0.05, 0) is 45.2 Å². The zero-order valence-electron chi connectivity index (χ0n) is 14.8. The molecule has 1 fully saturated rings. The van der Waals surface area contributed by atoms with E-state index in [9.17, 15) is 0 Å². The number of rotatable bonds is 13. The normalized spacial score (nSPS) is 23.3. The van der Waals surface area contributed by atoms with Crippen molar-refractivity contribution < 1.29 is 26.2 Å². The van der Waals surface area contributed by atoms with Crippen LogP contribution in [0.2, 0.25) is 38.8 Å². The van der Waals surface area contributed by atoms with Gasteiger partial charge in [-0.25, -0.2) is 0 Å². The molecule has 0 aromatic heterocycles. The Kier molecular flexibility index (Phi) is 9.85. The molecular weight excluding hydrogens is 352 g/mol. The first-order valence-electron chi connectivity index (χ1n) is 8.08. The molecule has 0 N–H and O–H groups in total. The zero-order chi connectivity index (χ0) is 16.6. The molecule has 132 valence electrons. The van der Waals surface area contributed by atoms with Crippen molar-refractivity contribution in [1.29, 1.82) is 0 Å². The summed E-state index contributed by atoms with van der Waals surface area (Å²) >= 11 is 0. The van der Waals surface area contributed by atoms with Crippen LogP contribution in [-0.4, -0.2) is 69.2 Å². The maximum Gasteiger partial charge on any atom is 0.325 e. The fourth-order valence-corrected chi connectivity index (χ4v) is 13.6. The summed E-state index contributed by atoms with van der Waals surface area (Å²) in [4.78, 5) is 0. The summed E-state index contributed by atoms with van der Waals surface area (Å²) in [5.41, 5.74) is 0. The van der Waals surface area contributed by atoms with E-state index < -0.39 is 36.2 Å². The summed E-state index contributed by atoms with van der Waals surface area (Å²) in [6.07, 6.45) is 1.28. The van der Waals surface area contributed by atoms with Crippen LogP contribution in [0, 0.1) is 0 Å². The molecule has 1 aliphatic heterocycles. The topological polar surface area (TPSA) is 58.7 Å². The zero-order valence-corrected chi connectivity index (χ0v) is 19.3. The van der Waals surface area contributed by atoms with Crippen molar-refractivity contribution in [2.45, 2.75) is 51.3 Å².